The first kappa shape index (κ1) is 12.4. The number of rotatable bonds is 2. The summed E-state index contributed by atoms with van der Waals surface area (Å²) in [6.45, 7) is 1.78. The van der Waals surface area contributed by atoms with E-state index in [1.165, 1.54) is 18.3 Å². The Labute approximate surface area is 115 Å². The van der Waals surface area contributed by atoms with Crippen molar-refractivity contribution in [2.24, 2.45) is 0 Å². The van der Waals surface area contributed by atoms with Gasteiger partial charge in [0.1, 0.15) is 5.82 Å². The van der Waals surface area contributed by atoms with Crippen molar-refractivity contribution >= 4 is 16.8 Å². The van der Waals surface area contributed by atoms with Crippen LogP contribution in [0, 0.1) is 12.7 Å². The number of aryl methyl sites for hydroxylation is 1. The zero-order chi connectivity index (χ0) is 14.1. The Hall–Kier alpha value is -2.62. The third kappa shape index (κ3) is 2.05. The molecular formula is C16H11FN2O. The van der Waals surface area contributed by atoms with E-state index in [1.54, 1.807) is 37.4 Å². The zero-order valence-electron chi connectivity index (χ0n) is 10.8. The molecule has 1 aromatic heterocycles. The molecule has 0 bridgehead atoms. The van der Waals surface area contributed by atoms with E-state index in [-0.39, 0.29) is 5.78 Å². The van der Waals surface area contributed by atoms with Crippen LogP contribution < -0.4 is 0 Å². The fourth-order valence-corrected chi connectivity index (χ4v) is 2.16. The molecule has 2 aromatic carbocycles. The topological polar surface area (TPSA) is 42.9 Å². The number of nitrogens with zero attached hydrogens (tertiary/aromatic N) is 2. The lowest BCUT2D eigenvalue weighted by Gasteiger charge is -2.07. The van der Waals surface area contributed by atoms with Crippen LogP contribution in [0.3, 0.4) is 0 Å². The number of halogens is 1. The number of benzene rings is 2. The molecule has 0 unspecified atom stereocenters. The Bertz CT molecular complexity index is 809. The molecule has 0 spiro atoms. The number of hydrogen-bond acceptors (Lipinski definition) is 3. The molecule has 0 N–H and O–H groups in total. The lowest BCUT2D eigenvalue weighted by atomic mass is 9.98. The highest BCUT2D eigenvalue weighted by molar-refractivity contribution is 6.15. The van der Waals surface area contributed by atoms with Gasteiger partial charge in [-0.3, -0.25) is 14.8 Å². The van der Waals surface area contributed by atoms with E-state index in [4.69, 9.17) is 0 Å². The number of hydrogen-bond donors (Lipinski definition) is 0. The Morgan fingerprint density at radius 2 is 1.85 bits per heavy atom. The standard InChI is InChI=1S/C16H11FN2O/c1-10-5-6-11(17)9-13(10)16(20)12-3-2-4-14-15(12)19-8-7-18-14/h2-9H,1H3. The number of fused-ring (bicyclic) bond motifs is 1. The van der Waals surface area contributed by atoms with Gasteiger partial charge in [-0.25, -0.2) is 4.39 Å². The van der Waals surface area contributed by atoms with Crippen molar-refractivity contribution < 1.29 is 9.18 Å². The summed E-state index contributed by atoms with van der Waals surface area (Å²) in [5.74, 6) is -0.668. The Morgan fingerprint density at radius 1 is 1.05 bits per heavy atom. The SMILES string of the molecule is Cc1ccc(F)cc1C(=O)c1cccc2nccnc12. The van der Waals surface area contributed by atoms with E-state index in [1.807, 2.05) is 0 Å². The number of ketones is 1. The maximum Gasteiger partial charge on any atom is 0.195 e. The summed E-state index contributed by atoms with van der Waals surface area (Å²) in [7, 11) is 0. The second-order valence-electron chi connectivity index (χ2n) is 4.52. The van der Waals surface area contributed by atoms with Gasteiger partial charge in [-0.1, -0.05) is 12.1 Å². The summed E-state index contributed by atoms with van der Waals surface area (Å²) in [5, 5.41) is 0. The van der Waals surface area contributed by atoms with E-state index >= 15 is 0 Å². The van der Waals surface area contributed by atoms with Gasteiger partial charge in [0.2, 0.25) is 0 Å². The third-order valence-electron chi connectivity index (χ3n) is 3.19. The van der Waals surface area contributed by atoms with Crippen LogP contribution in [0.15, 0.2) is 48.8 Å². The van der Waals surface area contributed by atoms with Crippen LogP contribution in [0.4, 0.5) is 4.39 Å². The van der Waals surface area contributed by atoms with Crippen molar-refractivity contribution in [1.82, 2.24) is 9.97 Å². The van der Waals surface area contributed by atoms with Gasteiger partial charge < -0.3 is 0 Å². The molecule has 3 aromatic rings. The molecule has 20 heavy (non-hydrogen) atoms. The van der Waals surface area contributed by atoms with Crippen molar-refractivity contribution in [3.8, 4) is 0 Å². The molecule has 0 amide bonds. The molecule has 4 heteroatoms. The maximum atomic E-state index is 13.4. The third-order valence-corrected chi connectivity index (χ3v) is 3.19. The summed E-state index contributed by atoms with van der Waals surface area (Å²) in [6.07, 6.45) is 3.11. The Kier molecular flexibility index (Phi) is 2.99. The number of aromatic nitrogens is 2. The first-order valence-electron chi connectivity index (χ1n) is 6.17. The lowest BCUT2D eigenvalue weighted by Crippen LogP contribution is -2.06. The average molecular weight is 266 g/mol. The molecule has 0 aliphatic rings. The largest absolute Gasteiger partial charge is 0.289 e. The van der Waals surface area contributed by atoms with Gasteiger partial charge in [-0.05, 0) is 36.8 Å². The first-order valence-corrected chi connectivity index (χ1v) is 6.17. The smallest absolute Gasteiger partial charge is 0.195 e. The normalized spacial score (nSPS) is 10.7. The van der Waals surface area contributed by atoms with Gasteiger partial charge in [0.25, 0.3) is 0 Å². The predicted molar refractivity (Wildman–Crippen MR) is 74.1 cm³/mol. The molecule has 0 saturated carbocycles. The van der Waals surface area contributed by atoms with Crippen LogP contribution in [0.2, 0.25) is 0 Å². The molecular weight excluding hydrogens is 255 g/mol. The minimum atomic E-state index is -0.426. The van der Waals surface area contributed by atoms with E-state index < -0.39 is 5.82 Å². The Morgan fingerprint density at radius 3 is 2.70 bits per heavy atom. The highest BCUT2D eigenvalue weighted by Gasteiger charge is 2.16. The van der Waals surface area contributed by atoms with Crippen LogP contribution in [0.5, 0.6) is 0 Å². The van der Waals surface area contributed by atoms with Crippen molar-refractivity contribution in [3.63, 3.8) is 0 Å². The summed E-state index contributed by atoms with van der Waals surface area (Å²) in [4.78, 5) is 21.0. The van der Waals surface area contributed by atoms with E-state index in [9.17, 15) is 9.18 Å². The van der Waals surface area contributed by atoms with Crippen molar-refractivity contribution in [3.05, 3.63) is 71.3 Å². The molecule has 1 heterocycles. The first-order chi connectivity index (χ1) is 9.66. The van der Waals surface area contributed by atoms with Gasteiger partial charge in [-0.2, -0.15) is 0 Å². The lowest BCUT2D eigenvalue weighted by molar-refractivity contribution is 0.103. The van der Waals surface area contributed by atoms with Gasteiger partial charge in [-0.15, -0.1) is 0 Å². The molecule has 3 rings (SSSR count). The predicted octanol–water partition coefficient (Wildman–Crippen LogP) is 3.31. The van der Waals surface area contributed by atoms with E-state index in [0.29, 0.717) is 22.2 Å². The van der Waals surface area contributed by atoms with Gasteiger partial charge in [0, 0.05) is 18.0 Å². The second kappa shape index (κ2) is 4.81. The maximum absolute atomic E-state index is 13.4. The fraction of sp³-hybridized carbons (Fsp3) is 0.0625. The van der Waals surface area contributed by atoms with Crippen molar-refractivity contribution in [2.45, 2.75) is 6.92 Å². The van der Waals surface area contributed by atoms with Crippen molar-refractivity contribution in [1.29, 1.82) is 0 Å². The number of carbonyl (C=O) groups is 1. The van der Waals surface area contributed by atoms with Crippen LogP contribution >= 0.6 is 0 Å². The molecule has 0 saturated heterocycles. The summed E-state index contributed by atoms with van der Waals surface area (Å²) in [6, 6.07) is 9.42. The summed E-state index contributed by atoms with van der Waals surface area (Å²) < 4.78 is 13.4. The van der Waals surface area contributed by atoms with Gasteiger partial charge in [0.05, 0.1) is 16.6 Å². The monoisotopic (exact) mass is 266 g/mol. The summed E-state index contributed by atoms with van der Waals surface area (Å²) >= 11 is 0. The number of para-hydroxylation sites is 1. The van der Waals surface area contributed by atoms with Crippen LogP contribution in [-0.2, 0) is 0 Å². The minimum Gasteiger partial charge on any atom is -0.289 e. The average Bonchev–Trinajstić information content (AvgIpc) is 2.48. The van der Waals surface area contributed by atoms with Gasteiger partial charge >= 0.3 is 0 Å². The molecule has 0 aliphatic carbocycles. The van der Waals surface area contributed by atoms with Crippen LogP contribution in [-0.4, -0.2) is 15.8 Å². The fourth-order valence-electron chi connectivity index (χ4n) is 2.16. The van der Waals surface area contributed by atoms with Crippen LogP contribution in [0.25, 0.3) is 11.0 Å². The highest BCUT2D eigenvalue weighted by atomic mass is 19.1. The van der Waals surface area contributed by atoms with Crippen LogP contribution in [0.1, 0.15) is 21.5 Å². The molecule has 98 valence electrons. The molecule has 3 nitrogen and oxygen atoms in total. The summed E-state index contributed by atoms with van der Waals surface area (Å²) in [5.41, 5.74) is 2.70. The molecule has 0 aliphatic heterocycles. The number of carbonyl (C=O) groups excluding carboxylic acids is 1. The van der Waals surface area contributed by atoms with E-state index in [2.05, 4.69) is 9.97 Å². The highest BCUT2D eigenvalue weighted by Crippen LogP contribution is 2.20. The van der Waals surface area contributed by atoms with Gasteiger partial charge in [0.15, 0.2) is 5.78 Å². The minimum absolute atomic E-state index is 0.242. The van der Waals surface area contributed by atoms with Crippen molar-refractivity contribution in [2.75, 3.05) is 0 Å². The zero-order valence-corrected chi connectivity index (χ0v) is 10.8. The molecule has 0 fully saturated rings. The second-order valence-corrected chi connectivity index (χ2v) is 4.52. The quantitative estimate of drug-likeness (QED) is 0.668. The molecule has 0 radical (unpaired) electrons. The Balaban J connectivity index is 2.20. The molecule has 0 atom stereocenters. The van der Waals surface area contributed by atoms with E-state index in [0.717, 1.165) is 5.56 Å².